The van der Waals surface area contributed by atoms with E-state index in [2.05, 4.69) is 6.92 Å². The number of carboxylic acid groups (broad SMARTS) is 1. The van der Waals surface area contributed by atoms with Crippen LogP contribution in [0.5, 0.6) is 0 Å². The number of thiocarbonyl (C=S) groups is 1. The summed E-state index contributed by atoms with van der Waals surface area (Å²) in [5.41, 5.74) is 2.76. The van der Waals surface area contributed by atoms with Crippen LogP contribution in [0.15, 0.2) is 53.4 Å². The van der Waals surface area contributed by atoms with Crippen molar-refractivity contribution >= 4 is 51.9 Å². The highest BCUT2D eigenvalue weighted by Gasteiger charge is 2.33. The Morgan fingerprint density at radius 2 is 1.80 bits per heavy atom. The third-order valence-corrected chi connectivity index (χ3v) is 5.14. The van der Waals surface area contributed by atoms with Crippen LogP contribution in [-0.2, 0) is 11.2 Å². The van der Waals surface area contributed by atoms with Crippen molar-refractivity contribution in [2.45, 2.75) is 13.3 Å². The van der Waals surface area contributed by atoms with Crippen molar-refractivity contribution in [3.8, 4) is 0 Å². The number of carbonyl (C=O) groups is 2. The Labute approximate surface area is 155 Å². The van der Waals surface area contributed by atoms with Crippen molar-refractivity contribution in [2.24, 2.45) is 0 Å². The minimum absolute atomic E-state index is 0.0562. The first-order chi connectivity index (χ1) is 12.0. The quantitative estimate of drug-likeness (QED) is 0.613. The highest BCUT2D eigenvalue weighted by Crippen LogP contribution is 2.36. The monoisotopic (exact) mass is 368 g/mol. The molecular formula is C19H14NO3S2-. The van der Waals surface area contributed by atoms with Gasteiger partial charge in [0, 0.05) is 0 Å². The molecule has 1 heterocycles. The standard InChI is InChI=1S/C19H15NO3S2/c1-2-12-3-5-13(6-4-12)11-16-17(21)20(19(24)25-16)15-9-7-14(8-10-15)18(22)23/h3-11H,2H2,1H3,(H,22,23)/p-1/b16-11-. The number of carbonyl (C=O) groups excluding carboxylic acids is 2. The van der Waals surface area contributed by atoms with Gasteiger partial charge in [0.2, 0.25) is 0 Å². The lowest BCUT2D eigenvalue weighted by Gasteiger charge is -2.15. The summed E-state index contributed by atoms with van der Waals surface area (Å²) in [4.78, 5) is 25.5. The van der Waals surface area contributed by atoms with E-state index in [-0.39, 0.29) is 11.5 Å². The van der Waals surface area contributed by atoms with Gasteiger partial charge in [-0.05, 0) is 41.3 Å². The molecule has 0 spiro atoms. The zero-order chi connectivity index (χ0) is 18.0. The van der Waals surface area contributed by atoms with Crippen molar-refractivity contribution < 1.29 is 14.7 Å². The lowest BCUT2D eigenvalue weighted by molar-refractivity contribution is -0.255. The second kappa shape index (κ2) is 7.21. The van der Waals surface area contributed by atoms with E-state index in [0.29, 0.717) is 14.9 Å². The maximum Gasteiger partial charge on any atom is 0.270 e. The zero-order valence-corrected chi connectivity index (χ0v) is 15.0. The van der Waals surface area contributed by atoms with E-state index >= 15 is 0 Å². The van der Waals surface area contributed by atoms with Gasteiger partial charge in [-0.15, -0.1) is 0 Å². The molecule has 0 bridgehead atoms. The van der Waals surface area contributed by atoms with Crippen LogP contribution in [0.4, 0.5) is 5.69 Å². The maximum atomic E-state index is 12.7. The largest absolute Gasteiger partial charge is 0.545 e. The summed E-state index contributed by atoms with van der Waals surface area (Å²) in [5, 5.41) is 10.8. The van der Waals surface area contributed by atoms with Crippen LogP contribution in [-0.4, -0.2) is 16.2 Å². The number of amides is 1. The number of hydrogen-bond acceptors (Lipinski definition) is 5. The van der Waals surface area contributed by atoms with Crippen LogP contribution in [0, 0.1) is 0 Å². The normalized spacial score (nSPS) is 15.9. The number of aromatic carboxylic acids is 1. The first-order valence-electron chi connectivity index (χ1n) is 7.68. The molecule has 2 aromatic carbocycles. The SMILES string of the molecule is CCc1ccc(/C=C2\SC(=S)N(c3ccc(C(=O)[O-])cc3)C2=O)cc1. The zero-order valence-electron chi connectivity index (χ0n) is 13.4. The molecule has 0 saturated carbocycles. The molecule has 1 fully saturated rings. The fraction of sp³-hybridized carbons (Fsp3) is 0.105. The second-order valence-electron chi connectivity index (χ2n) is 5.45. The summed E-state index contributed by atoms with van der Waals surface area (Å²) in [5.74, 6) is -1.47. The van der Waals surface area contributed by atoms with E-state index in [9.17, 15) is 14.7 Å². The minimum atomic E-state index is -1.26. The lowest BCUT2D eigenvalue weighted by Crippen LogP contribution is -2.28. The summed E-state index contributed by atoms with van der Waals surface area (Å²) in [7, 11) is 0. The first-order valence-corrected chi connectivity index (χ1v) is 8.90. The molecule has 0 N–H and O–H groups in total. The molecule has 1 aliphatic heterocycles. The third-order valence-electron chi connectivity index (χ3n) is 3.84. The molecule has 0 aliphatic carbocycles. The Bertz CT molecular complexity index is 871. The number of thioether (sulfide) groups is 1. The average Bonchev–Trinajstić information content (AvgIpc) is 2.89. The summed E-state index contributed by atoms with van der Waals surface area (Å²) in [6, 6.07) is 13.9. The number of anilines is 1. The van der Waals surface area contributed by atoms with E-state index in [1.165, 1.54) is 34.4 Å². The van der Waals surface area contributed by atoms with Crippen LogP contribution in [0.25, 0.3) is 6.08 Å². The van der Waals surface area contributed by atoms with Gasteiger partial charge < -0.3 is 9.90 Å². The Hall–Kier alpha value is -2.44. The molecule has 0 radical (unpaired) electrons. The third kappa shape index (κ3) is 3.65. The summed E-state index contributed by atoms with van der Waals surface area (Å²) < 4.78 is 0.419. The fourth-order valence-electron chi connectivity index (χ4n) is 2.44. The predicted octanol–water partition coefficient (Wildman–Crippen LogP) is 3.02. The molecular weight excluding hydrogens is 354 g/mol. The molecule has 1 amide bonds. The number of aryl methyl sites for hydroxylation is 1. The van der Waals surface area contributed by atoms with E-state index in [0.717, 1.165) is 12.0 Å². The molecule has 25 heavy (non-hydrogen) atoms. The molecule has 3 rings (SSSR count). The van der Waals surface area contributed by atoms with E-state index in [1.54, 1.807) is 12.1 Å². The van der Waals surface area contributed by atoms with Crippen molar-refractivity contribution in [1.29, 1.82) is 0 Å². The number of nitrogens with zero attached hydrogens (tertiary/aromatic N) is 1. The van der Waals surface area contributed by atoms with Crippen molar-refractivity contribution in [1.82, 2.24) is 0 Å². The predicted molar refractivity (Wildman–Crippen MR) is 102 cm³/mol. The fourth-order valence-corrected chi connectivity index (χ4v) is 3.74. The molecule has 1 saturated heterocycles. The highest BCUT2D eigenvalue weighted by atomic mass is 32.2. The van der Waals surface area contributed by atoms with E-state index in [1.807, 2.05) is 30.3 Å². The van der Waals surface area contributed by atoms with Crippen molar-refractivity contribution in [3.63, 3.8) is 0 Å². The molecule has 2 aromatic rings. The van der Waals surface area contributed by atoms with Crippen molar-refractivity contribution in [3.05, 3.63) is 70.1 Å². The molecule has 0 aromatic heterocycles. The van der Waals surface area contributed by atoms with Crippen LogP contribution < -0.4 is 10.0 Å². The van der Waals surface area contributed by atoms with Gasteiger partial charge in [0.1, 0.15) is 0 Å². The topological polar surface area (TPSA) is 60.4 Å². The molecule has 1 aliphatic rings. The Kier molecular flexibility index (Phi) is 5.01. The van der Waals surface area contributed by atoms with Gasteiger partial charge in [-0.1, -0.05) is 67.3 Å². The molecule has 126 valence electrons. The van der Waals surface area contributed by atoms with Crippen molar-refractivity contribution in [2.75, 3.05) is 4.90 Å². The number of carboxylic acids is 1. The molecule has 0 unspecified atom stereocenters. The molecule has 0 atom stereocenters. The number of rotatable bonds is 4. The summed E-state index contributed by atoms with van der Waals surface area (Å²) in [6.45, 7) is 2.09. The van der Waals surface area contributed by atoms with E-state index < -0.39 is 5.97 Å². The van der Waals surface area contributed by atoms with Gasteiger partial charge in [-0.3, -0.25) is 9.69 Å². The van der Waals surface area contributed by atoms with Crippen LogP contribution in [0.2, 0.25) is 0 Å². The first kappa shape index (κ1) is 17.4. The highest BCUT2D eigenvalue weighted by molar-refractivity contribution is 8.27. The number of benzene rings is 2. The maximum absolute atomic E-state index is 12.7. The van der Waals surface area contributed by atoms with Gasteiger partial charge in [0.05, 0.1) is 16.6 Å². The van der Waals surface area contributed by atoms with Gasteiger partial charge in [0.15, 0.2) is 4.32 Å². The Balaban J connectivity index is 1.86. The van der Waals surface area contributed by atoms with Gasteiger partial charge in [0.25, 0.3) is 5.91 Å². The van der Waals surface area contributed by atoms with Crippen LogP contribution in [0.3, 0.4) is 0 Å². The molecule has 4 nitrogen and oxygen atoms in total. The van der Waals surface area contributed by atoms with Gasteiger partial charge >= 0.3 is 0 Å². The Morgan fingerprint density at radius 1 is 1.16 bits per heavy atom. The smallest absolute Gasteiger partial charge is 0.270 e. The average molecular weight is 368 g/mol. The van der Waals surface area contributed by atoms with E-state index in [4.69, 9.17) is 12.2 Å². The lowest BCUT2D eigenvalue weighted by atomic mass is 10.1. The minimum Gasteiger partial charge on any atom is -0.545 e. The second-order valence-corrected chi connectivity index (χ2v) is 7.12. The number of hydrogen-bond donors (Lipinski definition) is 0. The Morgan fingerprint density at radius 3 is 2.36 bits per heavy atom. The van der Waals surface area contributed by atoms with Gasteiger partial charge in [-0.25, -0.2) is 0 Å². The summed E-state index contributed by atoms with van der Waals surface area (Å²) >= 11 is 6.55. The summed E-state index contributed by atoms with van der Waals surface area (Å²) in [6.07, 6.45) is 2.78. The molecule has 6 heteroatoms. The van der Waals surface area contributed by atoms with Gasteiger partial charge in [-0.2, -0.15) is 0 Å². The van der Waals surface area contributed by atoms with Crippen LogP contribution >= 0.6 is 24.0 Å². The van der Waals surface area contributed by atoms with Crippen LogP contribution in [0.1, 0.15) is 28.4 Å².